The minimum atomic E-state index is 0.935. The molecule has 0 atom stereocenters. The first-order valence-electron chi connectivity index (χ1n) is 7.29. The van der Waals surface area contributed by atoms with Crippen molar-refractivity contribution in [2.45, 2.75) is 33.7 Å². The maximum absolute atomic E-state index is 3.50. The second-order valence-electron chi connectivity index (χ2n) is 5.10. The van der Waals surface area contributed by atoms with E-state index < -0.39 is 0 Å². The van der Waals surface area contributed by atoms with E-state index in [-0.39, 0.29) is 0 Å². The largest absolute Gasteiger partial charge is 0.318 e. The molecule has 0 saturated heterocycles. The van der Waals surface area contributed by atoms with E-state index >= 15 is 0 Å². The Kier molecular flexibility index (Phi) is 5.19. The van der Waals surface area contributed by atoms with Crippen LogP contribution in [-0.4, -0.2) is 11.1 Å². The summed E-state index contributed by atoms with van der Waals surface area (Å²) in [6, 6.07) is 12.8. The van der Waals surface area contributed by atoms with E-state index in [1.54, 1.807) is 0 Å². The van der Waals surface area contributed by atoms with Gasteiger partial charge in [-0.1, -0.05) is 30.4 Å². The van der Waals surface area contributed by atoms with Crippen molar-refractivity contribution < 1.29 is 0 Å². The van der Waals surface area contributed by atoms with Crippen molar-refractivity contribution in [1.29, 1.82) is 0 Å². The van der Waals surface area contributed by atoms with Crippen LogP contribution in [0.15, 0.2) is 48.6 Å². The highest BCUT2D eigenvalue weighted by molar-refractivity contribution is 5.40. The van der Waals surface area contributed by atoms with Crippen LogP contribution in [0.2, 0.25) is 0 Å². The van der Waals surface area contributed by atoms with E-state index in [9.17, 15) is 0 Å². The van der Waals surface area contributed by atoms with Crippen molar-refractivity contribution in [2.75, 3.05) is 6.54 Å². The molecular formula is C18H24N2. The first-order chi connectivity index (χ1) is 9.74. The van der Waals surface area contributed by atoms with E-state index in [1.807, 2.05) is 0 Å². The van der Waals surface area contributed by atoms with Crippen LogP contribution in [0.3, 0.4) is 0 Å². The number of para-hydroxylation sites is 1. The monoisotopic (exact) mass is 268 g/mol. The average Bonchev–Trinajstić information content (AvgIpc) is 2.74. The SMILES string of the molecule is C/C=C/CCNCc1cc(C)n(-c2ccccc2)c1C. The number of aromatic nitrogens is 1. The van der Waals surface area contributed by atoms with E-state index in [1.165, 1.54) is 22.6 Å². The smallest absolute Gasteiger partial charge is 0.0455 e. The van der Waals surface area contributed by atoms with Gasteiger partial charge >= 0.3 is 0 Å². The van der Waals surface area contributed by atoms with Gasteiger partial charge in [0.15, 0.2) is 0 Å². The molecule has 0 radical (unpaired) electrons. The van der Waals surface area contributed by atoms with Gasteiger partial charge in [-0.15, -0.1) is 0 Å². The highest BCUT2D eigenvalue weighted by atomic mass is 15.0. The molecule has 0 spiro atoms. The van der Waals surface area contributed by atoms with Crippen molar-refractivity contribution >= 4 is 0 Å². The van der Waals surface area contributed by atoms with Crippen LogP contribution in [0.25, 0.3) is 5.69 Å². The zero-order valence-electron chi connectivity index (χ0n) is 12.7. The lowest BCUT2D eigenvalue weighted by atomic mass is 10.2. The highest BCUT2D eigenvalue weighted by Gasteiger charge is 2.09. The summed E-state index contributed by atoms with van der Waals surface area (Å²) >= 11 is 0. The molecule has 0 unspecified atom stereocenters. The molecule has 0 bridgehead atoms. The standard InChI is InChI=1S/C18H24N2/c1-4-5-9-12-19-14-17-13-15(2)20(16(17)3)18-10-7-6-8-11-18/h4-8,10-11,13,19H,9,12,14H2,1-3H3/b5-4+. The first-order valence-corrected chi connectivity index (χ1v) is 7.29. The third kappa shape index (κ3) is 3.40. The molecule has 0 fully saturated rings. The number of benzene rings is 1. The van der Waals surface area contributed by atoms with E-state index in [0.29, 0.717) is 0 Å². The third-order valence-corrected chi connectivity index (χ3v) is 3.59. The molecule has 0 saturated carbocycles. The molecule has 2 rings (SSSR count). The van der Waals surface area contributed by atoms with Crippen LogP contribution in [0.4, 0.5) is 0 Å². The fourth-order valence-corrected chi connectivity index (χ4v) is 2.56. The second-order valence-corrected chi connectivity index (χ2v) is 5.10. The summed E-state index contributed by atoms with van der Waals surface area (Å²) in [5, 5.41) is 3.50. The number of allylic oxidation sites excluding steroid dienone is 1. The average molecular weight is 268 g/mol. The fourth-order valence-electron chi connectivity index (χ4n) is 2.56. The first kappa shape index (κ1) is 14.6. The molecule has 0 aliphatic rings. The van der Waals surface area contributed by atoms with Gasteiger partial charge in [-0.05, 0) is 57.5 Å². The van der Waals surface area contributed by atoms with E-state index in [4.69, 9.17) is 0 Å². The minimum absolute atomic E-state index is 0.935. The maximum Gasteiger partial charge on any atom is 0.0455 e. The fraction of sp³-hybridized carbons (Fsp3) is 0.333. The molecule has 1 heterocycles. The molecule has 20 heavy (non-hydrogen) atoms. The predicted molar refractivity (Wildman–Crippen MR) is 86.4 cm³/mol. The predicted octanol–water partition coefficient (Wildman–Crippen LogP) is 4.15. The Morgan fingerprint density at radius 1 is 1.15 bits per heavy atom. The quantitative estimate of drug-likeness (QED) is 0.615. The van der Waals surface area contributed by atoms with Crippen LogP contribution < -0.4 is 5.32 Å². The molecule has 106 valence electrons. The molecule has 0 aliphatic carbocycles. The Labute approximate surface area is 122 Å². The minimum Gasteiger partial charge on any atom is -0.318 e. The number of rotatable bonds is 6. The number of hydrogen-bond donors (Lipinski definition) is 1. The van der Waals surface area contributed by atoms with Gasteiger partial charge in [-0.2, -0.15) is 0 Å². The summed E-state index contributed by atoms with van der Waals surface area (Å²) in [6.45, 7) is 8.39. The summed E-state index contributed by atoms with van der Waals surface area (Å²) in [5.41, 5.74) is 5.24. The van der Waals surface area contributed by atoms with Gasteiger partial charge in [0.05, 0.1) is 0 Å². The summed E-state index contributed by atoms with van der Waals surface area (Å²) < 4.78 is 2.32. The third-order valence-electron chi connectivity index (χ3n) is 3.59. The molecule has 2 nitrogen and oxygen atoms in total. The Morgan fingerprint density at radius 2 is 1.90 bits per heavy atom. The molecular weight excluding hydrogens is 244 g/mol. The van der Waals surface area contributed by atoms with Crippen LogP contribution in [0.5, 0.6) is 0 Å². The molecule has 0 aliphatic heterocycles. The lowest BCUT2D eigenvalue weighted by molar-refractivity contribution is 0.691. The second kappa shape index (κ2) is 7.11. The highest BCUT2D eigenvalue weighted by Crippen LogP contribution is 2.20. The van der Waals surface area contributed by atoms with Crippen LogP contribution in [-0.2, 0) is 6.54 Å². The van der Waals surface area contributed by atoms with Gasteiger partial charge in [0.25, 0.3) is 0 Å². The summed E-state index contributed by atoms with van der Waals surface area (Å²) in [4.78, 5) is 0. The van der Waals surface area contributed by atoms with Gasteiger partial charge in [0.2, 0.25) is 0 Å². The van der Waals surface area contributed by atoms with Gasteiger partial charge in [-0.25, -0.2) is 0 Å². The van der Waals surface area contributed by atoms with E-state index in [2.05, 4.69) is 79.2 Å². The number of nitrogens with one attached hydrogen (secondary N) is 1. The lowest BCUT2D eigenvalue weighted by Crippen LogP contribution is -2.14. The zero-order chi connectivity index (χ0) is 14.4. The van der Waals surface area contributed by atoms with Crippen LogP contribution in [0.1, 0.15) is 30.3 Å². The Hall–Kier alpha value is -1.80. The molecule has 1 aromatic heterocycles. The summed E-state index contributed by atoms with van der Waals surface area (Å²) in [6.07, 6.45) is 5.39. The van der Waals surface area contributed by atoms with Crippen molar-refractivity contribution in [3.8, 4) is 5.69 Å². The molecule has 0 amide bonds. The molecule has 1 N–H and O–H groups in total. The molecule has 1 aromatic carbocycles. The van der Waals surface area contributed by atoms with Crippen molar-refractivity contribution in [2.24, 2.45) is 0 Å². The Balaban J connectivity index is 2.09. The number of nitrogens with zero attached hydrogens (tertiary/aromatic N) is 1. The van der Waals surface area contributed by atoms with Crippen molar-refractivity contribution in [1.82, 2.24) is 9.88 Å². The van der Waals surface area contributed by atoms with Gasteiger partial charge in [-0.3, -0.25) is 0 Å². The number of hydrogen-bond acceptors (Lipinski definition) is 1. The lowest BCUT2D eigenvalue weighted by Gasteiger charge is -2.10. The van der Waals surface area contributed by atoms with Crippen molar-refractivity contribution in [3.63, 3.8) is 0 Å². The maximum atomic E-state index is 3.50. The molecule has 2 heteroatoms. The van der Waals surface area contributed by atoms with Gasteiger partial charge in [0, 0.05) is 23.6 Å². The van der Waals surface area contributed by atoms with Gasteiger partial charge in [0.1, 0.15) is 0 Å². The normalized spacial score (nSPS) is 11.3. The Morgan fingerprint density at radius 3 is 2.60 bits per heavy atom. The summed E-state index contributed by atoms with van der Waals surface area (Å²) in [5.74, 6) is 0. The van der Waals surface area contributed by atoms with Crippen LogP contribution in [0, 0.1) is 13.8 Å². The van der Waals surface area contributed by atoms with Gasteiger partial charge < -0.3 is 9.88 Å². The topological polar surface area (TPSA) is 17.0 Å². The number of aryl methyl sites for hydroxylation is 1. The Bertz CT molecular complexity index is 565. The zero-order valence-corrected chi connectivity index (χ0v) is 12.7. The molecule has 2 aromatic rings. The van der Waals surface area contributed by atoms with Crippen LogP contribution >= 0.6 is 0 Å². The summed E-state index contributed by atoms with van der Waals surface area (Å²) in [7, 11) is 0. The van der Waals surface area contributed by atoms with E-state index in [0.717, 1.165) is 19.5 Å². The van der Waals surface area contributed by atoms with Crippen molar-refractivity contribution in [3.05, 3.63) is 65.5 Å².